The molecule has 0 aliphatic heterocycles. The molecule has 2 nitrogen and oxygen atoms in total. The van der Waals surface area contributed by atoms with E-state index in [1.165, 1.54) is 84.0 Å². The number of rotatable bonds is 8. The van der Waals surface area contributed by atoms with Crippen molar-refractivity contribution in [2.45, 2.75) is 110 Å². The molecule has 0 saturated heterocycles. The first kappa shape index (κ1) is 18.8. The Morgan fingerprint density at radius 1 is 0.783 bits per heavy atom. The van der Waals surface area contributed by atoms with Gasteiger partial charge in [0.2, 0.25) is 0 Å². The van der Waals surface area contributed by atoms with Crippen molar-refractivity contribution in [2.75, 3.05) is 0 Å². The van der Waals surface area contributed by atoms with Crippen LogP contribution in [0.25, 0.3) is 0 Å². The fourth-order valence-electron chi connectivity index (χ4n) is 4.74. The van der Waals surface area contributed by atoms with E-state index in [1.807, 2.05) is 0 Å². The van der Waals surface area contributed by atoms with Crippen molar-refractivity contribution in [1.82, 2.24) is 0 Å². The minimum atomic E-state index is -0.107. The van der Waals surface area contributed by atoms with Crippen molar-refractivity contribution in [3.63, 3.8) is 0 Å². The van der Waals surface area contributed by atoms with Gasteiger partial charge < -0.3 is 4.74 Å². The normalized spacial score (nSPS) is 31.7. The Labute approximate surface area is 143 Å². The molecule has 0 aromatic carbocycles. The topological polar surface area (TPSA) is 26.3 Å². The molecule has 2 aliphatic carbocycles. The van der Waals surface area contributed by atoms with Gasteiger partial charge in [0.25, 0.3) is 0 Å². The molecule has 0 aromatic heterocycles. The van der Waals surface area contributed by atoms with E-state index in [0.29, 0.717) is 0 Å². The third kappa shape index (κ3) is 7.27. The standard InChI is InChI=1S/C21H38O2/c1-3-4-5-6-18-7-9-19(10-8-18)11-12-20-13-15-21(16-14-20)23-17(2)22/h18-21H,3-16H2,1-2H3/t18-,19-,20-,21-. The minimum Gasteiger partial charge on any atom is -0.463 e. The lowest BCUT2D eigenvalue weighted by molar-refractivity contribution is -0.148. The lowest BCUT2D eigenvalue weighted by atomic mass is 9.76. The van der Waals surface area contributed by atoms with E-state index in [0.717, 1.165) is 30.6 Å². The summed E-state index contributed by atoms with van der Waals surface area (Å²) in [6.07, 6.45) is 19.5. The first-order valence-corrected chi connectivity index (χ1v) is 10.3. The van der Waals surface area contributed by atoms with Crippen LogP contribution in [0.1, 0.15) is 104 Å². The zero-order valence-electron chi connectivity index (χ0n) is 15.5. The van der Waals surface area contributed by atoms with E-state index in [-0.39, 0.29) is 12.1 Å². The monoisotopic (exact) mass is 322 g/mol. The number of hydrogen-bond acceptors (Lipinski definition) is 2. The number of unbranched alkanes of at least 4 members (excludes halogenated alkanes) is 2. The molecule has 2 rings (SSSR count). The van der Waals surface area contributed by atoms with Crippen LogP contribution in [0.4, 0.5) is 0 Å². The van der Waals surface area contributed by atoms with Gasteiger partial charge in [-0.3, -0.25) is 4.79 Å². The van der Waals surface area contributed by atoms with Gasteiger partial charge in [-0.05, 0) is 43.4 Å². The van der Waals surface area contributed by atoms with Crippen molar-refractivity contribution in [1.29, 1.82) is 0 Å². The molecule has 2 saturated carbocycles. The highest BCUT2D eigenvalue weighted by molar-refractivity contribution is 5.66. The highest BCUT2D eigenvalue weighted by Crippen LogP contribution is 2.37. The Morgan fingerprint density at radius 2 is 1.26 bits per heavy atom. The summed E-state index contributed by atoms with van der Waals surface area (Å²) >= 11 is 0. The largest absolute Gasteiger partial charge is 0.463 e. The summed E-state index contributed by atoms with van der Waals surface area (Å²) in [5.74, 6) is 2.83. The second-order valence-electron chi connectivity index (χ2n) is 8.21. The predicted octanol–water partition coefficient (Wildman–Crippen LogP) is 6.28. The lowest BCUT2D eigenvalue weighted by Gasteiger charge is -2.31. The Balaban J connectivity index is 1.53. The van der Waals surface area contributed by atoms with Crippen LogP contribution in [-0.2, 0) is 9.53 Å². The van der Waals surface area contributed by atoms with E-state index < -0.39 is 0 Å². The van der Waals surface area contributed by atoms with Crippen molar-refractivity contribution in [3.8, 4) is 0 Å². The van der Waals surface area contributed by atoms with E-state index in [1.54, 1.807) is 0 Å². The molecule has 0 unspecified atom stereocenters. The van der Waals surface area contributed by atoms with E-state index in [2.05, 4.69) is 6.92 Å². The van der Waals surface area contributed by atoms with E-state index in [4.69, 9.17) is 4.74 Å². The molecule has 0 N–H and O–H groups in total. The SMILES string of the molecule is CCCCC[C@H]1CC[C@H](CC[C@H]2CC[C@H](OC(C)=O)CC2)CC1. The summed E-state index contributed by atoms with van der Waals surface area (Å²) in [5, 5.41) is 0. The Hall–Kier alpha value is -0.530. The average Bonchev–Trinajstić information content (AvgIpc) is 2.55. The molecule has 2 aliphatic rings. The van der Waals surface area contributed by atoms with Crippen LogP contribution in [0, 0.1) is 17.8 Å². The maximum atomic E-state index is 11.0. The van der Waals surface area contributed by atoms with Crippen molar-refractivity contribution in [2.24, 2.45) is 17.8 Å². The van der Waals surface area contributed by atoms with Gasteiger partial charge in [0, 0.05) is 6.92 Å². The van der Waals surface area contributed by atoms with Gasteiger partial charge in [0.05, 0.1) is 0 Å². The summed E-state index contributed by atoms with van der Waals surface area (Å²) in [6, 6.07) is 0. The summed E-state index contributed by atoms with van der Waals surface area (Å²) in [4.78, 5) is 11.0. The Kier molecular flexibility index (Phi) is 8.47. The number of carbonyl (C=O) groups excluding carboxylic acids is 1. The van der Waals surface area contributed by atoms with Gasteiger partial charge in [-0.25, -0.2) is 0 Å². The van der Waals surface area contributed by atoms with E-state index >= 15 is 0 Å². The van der Waals surface area contributed by atoms with Gasteiger partial charge in [-0.2, -0.15) is 0 Å². The van der Waals surface area contributed by atoms with Crippen LogP contribution in [0.5, 0.6) is 0 Å². The molecule has 134 valence electrons. The molecule has 0 bridgehead atoms. The van der Waals surface area contributed by atoms with Gasteiger partial charge in [-0.15, -0.1) is 0 Å². The summed E-state index contributed by atoms with van der Waals surface area (Å²) < 4.78 is 5.35. The molecular weight excluding hydrogens is 284 g/mol. The fourth-order valence-corrected chi connectivity index (χ4v) is 4.74. The second-order valence-corrected chi connectivity index (χ2v) is 8.21. The number of ether oxygens (including phenoxy) is 1. The maximum absolute atomic E-state index is 11.0. The van der Waals surface area contributed by atoms with Crippen LogP contribution < -0.4 is 0 Å². The number of carbonyl (C=O) groups is 1. The summed E-state index contributed by atoms with van der Waals surface area (Å²) in [5.41, 5.74) is 0. The molecule has 2 heteroatoms. The first-order chi connectivity index (χ1) is 11.2. The van der Waals surface area contributed by atoms with Crippen molar-refractivity contribution in [3.05, 3.63) is 0 Å². The molecule has 2 fully saturated rings. The van der Waals surface area contributed by atoms with Crippen molar-refractivity contribution < 1.29 is 9.53 Å². The maximum Gasteiger partial charge on any atom is 0.302 e. The third-order valence-electron chi connectivity index (χ3n) is 6.29. The molecular formula is C21H38O2. The first-order valence-electron chi connectivity index (χ1n) is 10.3. The van der Waals surface area contributed by atoms with E-state index in [9.17, 15) is 4.79 Å². The number of esters is 1. The van der Waals surface area contributed by atoms with Crippen LogP contribution in [0.2, 0.25) is 0 Å². The second kappa shape index (κ2) is 10.4. The van der Waals surface area contributed by atoms with Crippen LogP contribution in [0.3, 0.4) is 0 Å². The Morgan fingerprint density at radius 3 is 1.74 bits per heavy atom. The summed E-state index contributed by atoms with van der Waals surface area (Å²) in [7, 11) is 0. The lowest BCUT2D eigenvalue weighted by Crippen LogP contribution is -2.24. The number of hydrogen-bond donors (Lipinski definition) is 0. The fraction of sp³-hybridized carbons (Fsp3) is 0.952. The molecule has 0 spiro atoms. The van der Waals surface area contributed by atoms with Crippen LogP contribution >= 0.6 is 0 Å². The van der Waals surface area contributed by atoms with Crippen molar-refractivity contribution >= 4 is 5.97 Å². The van der Waals surface area contributed by atoms with Gasteiger partial charge in [0.1, 0.15) is 6.10 Å². The molecule has 0 atom stereocenters. The van der Waals surface area contributed by atoms with Gasteiger partial charge >= 0.3 is 5.97 Å². The Bertz CT molecular complexity index is 323. The van der Waals surface area contributed by atoms with Crippen LogP contribution in [-0.4, -0.2) is 12.1 Å². The highest BCUT2D eigenvalue weighted by atomic mass is 16.5. The molecule has 0 heterocycles. The molecule has 0 radical (unpaired) electrons. The zero-order valence-corrected chi connectivity index (χ0v) is 15.5. The highest BCUT2D eigenvalue weighted by Gasteiger charge is 2.25. The quantitative estimate of drug-likeness (QED) is 0.388. The average molecular weight is 323 g/mol. The zero-order chi connectivity index (χ0) is 16.5. The molecule has 0 amide bonds. The molecule has 0 aromatic rings. The van der Waals surface area contributed by atoms with Gasteiger partial charge in [-0.1, -0.05) is 71.1 Å². The molecule has 23 heavy (non-hydrogen) atoms. The smallest absolute Gasteiger partial charge is 0.302 e. The van der Waals surface area contributed by atoms with Gasteiger partial charge in [0.15, 0.2) is 0 Å². The predicted molar refractivity (Wildman–Crippen MR) is 96.3 cm³/mol. The van der Waals surface area contributed by atoms with Crippen LogP contribution in [0.15, 0.2) is 0 Å². The third-order valence-corrected chi connectivity index (χ3v) is 6.29. The minimum absolute atomic E-state index is 0.107. The summed E-state index contributed by atoms with van der Waals surface area (Å²) in [6.45, 7) is 3.83.